The van der Waals surface area contributed by atoms with Gasteiger partial charge in [-0.2, -0.15) is 27.7 Å². The fraction of sp³-hybridized carbons (Fsp3) is 0.571. The van der Waals surface area contributed by atoms with E-state index in [1.165, 1.54) is 11.8 Å². The number of rotatable bonds is 10. The van der Waals surface area contributed by atoms with Crippen LogP contribution in [-0.4, -0.2) is 107 Å². The van der Waals surface area contributed by atoms with Crippen molar-refractivity contribution in [3.63, 3.8) is 0 Å². The Hall–Kier alpha value is -3.49. The molecule has 3 saturated heterocycles. The third-order valence-corrected chi connectivity index (χ3v) is 13.1. The molecule has 4 aromatic rings. The Morgan fingerprint density at radius 3 is 2.41 bits per heavy atom. The zero-order valence-electron chi connectivity index (χ0n) is 29.3. The predicted molar refractivity (Wildman–Crippen MR) is 195 cm³/mol. The summed E-state index contributed by atoms with van der Waals surface area (Å²) < 4.78 is 67.5. The van der Waals surface area contributed by atoms with Gasteiger partial charge in [0.05, 0.1) is 18.1 Å². The van der Waals surface area contributed by atoms with E-state index in [4.69, 9.17) is 0 Å². The maximum absolute atomic E-state index is 13.1. The van der Waals surface area contributed by atoms with Gasteiger partial charge in [0.15, 0.2) is 0 Å². The van der Waals surface area contributed by atoms with Crippen molar-refractivity contribution in [1.82, 2.24) is 28.6 Å². The van der Waals surface area contributed by atoms with Crippen molar-refractivity contribution < 1.29 is 21.6 Å². The Balaban J connectivity index is 1.01. The van der Waals surface area contributed by atoms with E-state index in [1.54, 1.807) is 17.4 Å². The lowest BCUT2D eigenvalue weighted by Crippen LogP contribution is -2.58. The maximum Gasteiger partial charge on any atom is 0.393 e. The second kappa shape index (κ2) is 13.8. The number of piperidine rings is 1. The number of halogens is 3. The summed E-state index contributed by atoms with van der Waals surface area (Å²) in [6.07, 6.45) is -0.304. The van der Waals surface area contributed by atoms with Gasteiger partial charge in [0.1, 0.15) is 22.4 Å². The van der Waals surface area contributed by atoms with Crippen molar-refractivity contribution in [3.8, 4) is 6.07 Å². The minimum atomic E-state index is -4.29. The van der Waals surface area contributed by atoms with Crippen molar-refractivity contribution in [2.45, 2.75) is 89.4 Å². The highest BCUT2D eigenvalue weighted by molar-refractivity contribution is 7.88. The second-order valence-electron chi connectivity index (χ2n) is 14.4. The Labute approximate surface area is 300 Å². The smallest absolute Gasteiger partial charge is 0.367 e. The van der Waals surface area contributed by atoms with Crippen molar-refractivity contribution in [2.24, 2.45) is 0 Å². The molecule has 2 bridgehead atoms. The van der Waals surface area contributed by atoms with Crippen molar-refractivity contribution in [1.29, 1.82) is 5.26 Å². The first-order valence-corrected chi connectivity index (χ1v) is 20.2. The summed E-state index contributed by atoms with van der Waals surface area (Å²) in [5.41, 5.74) is 4.04. The topological polar surface area (TPSA) is 122 Å². The fourth-order valence-electron chi connectivity index (χ4n) is 8.38. The number of nitriles is 1. The van der Waals surface area contributed by atoms with Crippen molar-refractivity contribution >= 4 is 54.2 Å². The number of nitrogens with zero attached hydrogens (tertiary/aromatic N) is 7. The first-order chi connectivity index (χ1) is 24.2. The number of piperazine rings is 1. The molecule has 6 heterocycles. The standard InChI is InChI=1S/C35H44F3N9O2S2/c1-21(47-25-6-7-26(47)20-45(19-25)51(4,48)49)17-46-27(16-39)13-29-22(2)23(5-8-31(29)46)18-44-11-9-24(10-12-44)41-32-30-14-28(15-35(36,37)38)50-33(30)43-34(40-3)42-32/h5,8,13-14,21,24-26H,6-7,9-12,15,17-20H2,1-4H3,(H2,40,41,42,43)/t21-,25?,26?/m0/s1. The lowest BCUT2D eigenvalue weighted by Gasteiger charge is -2.43. The Morgan fingerprint density at radius 2 is 1.78 bits per heavy atom. The zero-order valence-corrected chi connectivity index (χ0v) is 30.9. The van der Waals surface area contributed by atoms with Gasteiger partial charge in [-0.25, -0.2) is 13.4 Å². The third-order valence-electron chi connectivity index (χ3n) is 10.9. The van der Waals surface area contributed by atoms with Crippen LogP contribution in [0.15, 0.2) is 24.3 Å². The molecule has 2 N–H and O–H groups in total. The van der Waals surface area contributed by atoms with Crippen LogP contribution >= 0.6 is 11.3 Å². The molecule has 3 aliphatic rings. The first-order valence-electron chi connectivity index (χ1n) is 17.5. The van der Waals surface area contributed by atoms with E-state index in [0.717, 1.165) is 73.1 Å². The first kappa shape index (κ1) is 35.9. The number of fused-ring (bicyclic) bond motifs is 4. The fourth-order valence-corrected chi connectivity index (χ4v) is 10.3. The van der Waals surface area contributed by atoms with Gasteiger partial charge in [-0.1, -0.05) is 6.07 Å². The number of alkyl halides is 3. The SMILES string of the molecule is CNc1nc(NC2CCN(Cc3ccc4c(cc(C#N)n4C[C@H](C)N4C5CCC4CN(S(C)(=O)=O)C5)c3C)CC2)c2cc(CC(F)(F)F)sc2n1. The molecule has 0 spiro atoms. The molecule has 3 aliphatic heterocycles. The summed E-state index contributed by atoms with van der Waals surface area (Å²) in [5, 5.41) is 18.3. The molecule has 16 heteroatoms. The number of anilines is 2. The lowest BCUT2D eigenvalue weighted by atomic mass is 10.0. The van der Waals surface area contributed by atoms with E-state index in [1.807, 2.05) is 6.07 Å². The number of sulfonamides is 1. The largest absolute Gasteiger partial charge is 0.393 e. The summed E-state index contributed by atoms with van der Waals surface area (Å²) >= 11 is 1.05. The van der Waals surface area contributed by atoms with Crippen LogP contribution in [0.25, 0.3) is 21.1 Å². The molecule has 3 fully saturated rings. The lowest BCUT2D eigenvalue weighted by molar-refractivity contribution is -0.126. The average Bonchev–Trinajstić information content (AvgIpc) is 3.72. The molecule has 0 radical (unpaired) electrons. The molecule has 51 heavy (non-hydrogen) atoms. The van der Waals surface area contributed by atoms with Crippen LogP contribution < -0.4 is 10.6 Å². The molecular weight excluding hydrogens is 700 g/mol. The van der Waals surface area contributed by atoms with E-state index >= 15 is 0 Å². The summed E-state index contributed by atoms with van der Waals surface area (Å²) in [4.78, 5) is 14.6. The van der Waals surface area contributed by atoms with Crippen molar-refractivity contribution in [3.05, 3.63) is 46.0 Å². The predicted octanol–water partition coefficient (Wildman–Crippen LogP) is 5.55. The van der Waals surface area contributed by atoms with Gasteiger partial charge >= 0.3 is 6.18 Å². The highest BCUT2D eigenvalue weighted by atomic mass is 32.2. The molecule has 0 amide bonds. The second-order valence-corrected chi connectivity index (χ2v) is 17.5. The summed E-state index contributed by atoms with van der Waals surface area (Å²) in [6, 6.07) is 10.9. The van der Waals surface area contributed by atoms with Gasteiger partial charge in [0.25, 0.3) is 0 Å². The van der Waals surface area contributed by atoms with Crippen LogP contribution in [0.3, 0.4) is 0 Å². The van der Waals surface area contributed by atoms with E-state index < -0.39 is 22.6 Å². The van der Waals surface area contributed by atoms with E-state index in [9.17, 15) is 26.9 Å². The van der Waals surface area contributed by atoms with Crippen LogP contribution in [0.4, 0.5) is 24.9 Å². The molecule has 7 rings (SSSR count). The number of nitrogens with one attached hydrogen (secondary N) is 2. The number of hydrogen-bond donors (Lipinski definition) is 2. The highest BCUT2D eigenvalue weighted by Crippen LogP contribution is 2.36. The van der Waals surface area contributed by atoms with Crippen LogP contribution in [0.1, 0.15) is 54.3 Å². The van der Waals surface area contributed by atoms with Crippen LogP contribution in [0.5, 0.6) is 0 Å². The van der Waals surface area contributed by atoms with Gasteiger partial charge in [0, 0.05) is 86.3 Å². The van der Waals surface area contributed by atoms with E-state index in [0.29, 0.717) is 47.3 Å². The molecule has 0 aliphatic carbocycles. The summed E-state index contributed by atoms with van der Waals surface area (Å²) in [5.74, 6) is 0.931. The monoisotopic (exact) mass is 743 g/mol. The van der Waals surface area contributed by atoms with Gasteiger partial charge in [-0.05, 0) is 68.9 Å². The number of aryl methyl sites for hydroxylation is 1. The summed E-state index contributed by atoms with van der Waals surface area (Å²) in [6.45, 7) is 8.49. The average molecular weight is 744 g/mol. The highest BCUT2D eigenvalue weighted by Gasteiger charge is 2.44. The zero-order chi connectivity index (χ0) is 36.2. The minimum absolute atomic E-state index is 0.123. The van der Waals surface area contributed by atoms with E-state index in [2.05, 4.69) is 67.0 Å². The minimum Gasteiger partial charge on any atom is -0.367 e. The third kappa shape index (κ3) is 7.41. The molecule has 11 nitrogen and oxygen atoms in total. The van der Waals surface area contributed by atoms with Crippen molar-refractivity contribution in [2.75, 3.05) is 50.1 Å². The van der Waals surface area contributed by atoms with Crippen LogP contribution in [-0.2, 0) is 29.5 Å². The van der Waals surface area contributed by atoms with Gasteiger partial charge in [0.2, 0.25) is 16.0 Å². The normalized spacial score (nSPS) is 21.8. The Morgan fingerprint density at radius 1 is 1.08 bits per heavy atom. The number of likely N-dealkylation sites (tertiary alicyclic amines) is 1. The van der Waals surface area contributed by atoms with Crippen LogP contribution in [0.2, 0.25) is 0 Å². The van der Waals surface area contributed by atoms with E-state index in [-0.39, 0.29) is 29.0 Å². The van der Waals surface area contributed by atoms with Crippen LogP contribution in [0, 0.1) is 18.3 Å². The van der Waals surface area contributed by atoms with Gasteiger partial charge in [-0.3, -0.25) is 9.80 Å². The van der Waals surface area contributed by atoms with Gasteiger partial charge in [-0.15, -0.1) is 11.3 Å². The quantitative estimate of drug-likeness (QED) is 0.216. The molecule has 3 atom stereocenters. The summed E-state index contributed by atoms with van der Waals surface area (Å²) in [7, 11) is -1.53. The molecule has 0 saturated carbocycles. The maximum atomic E-state index is 13.1. The molecular formula is C35H44F3N9O2S2. The molecule has 2 unspecified atom stereocenters. The number of hydrogen-bond acceptors (Lipinski definition) is 10. The Kier molecular flexibility index (Phi) is 9.72. The number of benzene rings is 1. The van der Waals surface area contributed by atoms with Gasteiger partial charge < -0.3 is 15.2 Å². The molecule has 1 aromatic carbocycles. The number of aromatic nitrogens is 3. The molecule has 274 valence electrons. The molecule has 3 aromatic heterocycles. The number of thiophene rings is 1. The Bertz CT molecular complexity index is 2070.